The third-order valence-electron chi connectivity index (χ3n) is 5.48. The molecule has 0 aromatic heterocycles. The van der Waals surface area contributed by atoms with Crippen molar-refractivity contribution < 1.29 is 18.4 Å². The van der Waals surface area contributed by atoms with Gasteiger partial charge in [-0.1, -0.05) is 36.8 Å². The molecule has 2 aliphatic rings. The first kappa shape index (κ1) is 19.2. The summed E-state index contributed by atoms with van der Waals surface area (Å²) < 4.78 is 26.5. The molecule has 1 saturated carbocycles. The molecule has 0 radical (unpaired) electrons. The number of benzene rings is 2. The van der Waals surface area contributed by atoms with E-state index in [4.69, 9.17) is 4.99 Å². The fourth-order valence-corrected chi connectivity index (χ4v) is 4.05. The van der Waals surface area contributed by atoms with Crippen LogP contribution < -0.4 is 5.32 Å². The minimum Gasteiger partial charge on any atom is -0.324 e. The third kappa shape index (κ3) is 3.77. The summed E-state index contributed by atoms with van der Waals surface area (Å²) in [5.41, 5.74) is 0.521. The Bertz CT molecular complexity index is 969. The van der Waals surface area contributed by atoms with Gasteiger partial charge >= 0.3 is 0 Å². The van der Waals surface area contributed by atoms with E-state index in [0.717, 1.165) is 37.0 Å². The highest BCUT2D eigenvalue weighted by Crippen LogP contribution is 2.39. The largest absolute Gasteiger partial charge is 0.324 e. The first-order valence-electron chi connectivity index (χ1n) is 9.71. The SMILES string of the molecule is O=C(CN1C(=O)C(c2ccccc2)=NC12CCCCC2)Nc1ccc(F)c(F)c1. The van der Waals surface area contributed by atoms with E-state index in [-0.39, 0.29) is 18.1 Å². The summed E-state index contributed by atoms with van der Waals surface area (Å²) in [6.45, 7) is -0.197. The number of rotatable bonds is 4. The molecule has 2 aromatic rings. The van der Waals surface area contributed by atoms with Crippen LogP contribution in [0.4, 0.5) is 14.5 Å². The van der Waals surface area contributed by atoms with Gasteiger partial charge in [0.2, 0.25) is 5.91 Å². The molecule has 5 nitrogen and oxygen atoms in total. The molecule has 4 rings (SSSR count). The fourth-order valence-electron chi connectivity index (χ4n) is 4.05. The van der Waals surface area contributed by atoms with Crippen molar-refractivity contribution in [3.8, 4) is 0 Å². The Morgan fingerprint density at radius 3 is 2.45 bits per heavy atom. The molecule has 0 atom stereocenters. The average molecular weight is 397 g/mol. The van der Waals surface area contributed by atoms with Crippen molar-refractivity contribution in [1.29, 1.82) is 0 Å². The van der Waals surface area contributed by atoms with Crippen LogP contribution >= 0.6 is 0 Å². The van der Waals surface area contributed by atoms with E-state index >= 15 is 0 Å². The molecule has 1 aliphatic carbocycles. The van der Waals surface area contributed by atoms with Crippen LogP contribution in [0.2, 0.25) is 0 Å². The van der Waals surface area contributed by atoms with Crippen molar-refractivity contribution in [1.82, 2.24) is 4.90 Å². The van der Waals surface area contributed by atoms with Crippen molar-refractivity contribution in [3.63, 3.8) is 0 Å². The number of aliphatic imine (C=N–C) groups is 1. The smallest absolute Gasteiger partial charge is 0.275 e. The molecular weight excluding hydrogens is 376 g/mol. The lowest BCUT2D eigenvalue weighted by molar-refractivity contribution is -0.134. The maximum absolute atomic E-state index is 13.4. The van der Waals surface area contributed by atoms with Crippen molar-refractivity contribution in [2.45, 2.75) is 37.8 Å². The number of carbonyl (C=O) groups excluding carboxylic acids is 2. The van der Waals surface area contributed by atoms with Gasteiger partial charge in [-0.25, -0.2) is 8.78 Å². The van der Waals surface area contributed by atoms with E-state index in [0.29, 0.717) is 18.6 Å². The quantitative estimate of drug-likeness (QED) is 0.851. The van der Waals surface area contributed by atoms with Gasteiger partial charge in [-0.2, -0.15) is 0 Å². The minimum absolute atomic E-state index is 0.141. The molecule has 0 unspecified atom stereocenters. The van der Waals surface area contributed by atoms with E-state index in [9.17, 15) is 18.4 Å². The van der Waals surface area contributed by atoms with Crippen LogP contribution in [-0.4, -0.2) is 34.6 Å². The maximum Gasteiger partial charge on any atom is 0.275 e. The highest BCUT2D eigenvalue weighted by Gasteiger charge is 2.48. The van der Waals surface area contributed by atoms with Crippen LogP contribution in [0.1, 0.15) is 37.7 Å². The van der Waals surface area contributed by atoms with Gasteiger partial charge in [0, 0.05) is 17.3 Å². The van der Waals surface area contributed by atoms with E-state index in [1.807, 2.05) is 30.3 Å². The molecule has 0 saturated heterocycles. The summed E-state index contributed by atoms with van der Waals surface area (Å²) in [5.74, 6) is -2.78. The highest BCUT2D eigenvalue weighted by atomic mass is 19.2. The number of nitrogens with zero attached hydrogens (tertiary/aromatic N) is 2. The van der Waals surface area contributed by atoms with Gasteiger partial charge in [-0.15, -0.1) is 0 Å². The zero-order valence-corrected chi connectivity index (χ0v) is 15.8. The lowest BCUT2D eigenvalue weighted by Crippen LogP contribution is -2.51. The lowest BCUT2D eigenvalue weighted by atomic mass is 9.88. The fraction of sp³-hybridized carbons (Fsp3) is 0.318. The normalized spacial score (nSPS) is 18.1. The Morgan fingerprint density at radius 2 is 1.76 bits per heavy atom. The van der Waals surface area contributed by atoms with E-state index in [1.165, 1.54) is 11.0 Å². The number of carbonyl (C=O) groups is 2. The predicted molar refractivity (Wildman–Crippen MR) is 105 cm³/mol. The standard InChI is InChI=1S/C22H21F2N3O2/c23-17-10-9-16(13-18(17)24)25-19(28)14-27-21(29)20(15-7-3-1-4-8-15)26-22(27)11-5-2-6-12-22/h1,3-4,7-10,13H,2,5-6,11-12,14H2,(H,25,28). The Morgan fingerprint density at radius 1 is 1.03 bits per heavy atom. The van der Waals surface area contributed by atoms with Gasteiger partial charge in [-0.3, -0.25) is 14.6 Å². The second-order valence-electron chi connectivity index (χ2n) is 7.44. The van der Waals surface area contributed by atoms with Crippen LogP contribution in [0.5, 0.6) is 0 Å². The zero-order chi connectivity index (χ0) is 20.4. The number of hydrogen-bond donors (Lipinski definition) is 1. The van der Waals surface area contributed by atoms with E-state index in [2.05, 4.69) is 5.32 Å². The van der Waals surface area contributed by atoms with Crippen molar-refractivity contribution in [2.24, 2.45) is 4.99 Å². The minimum atomic E-state index is -1.04. The molecule has 1 spiro atoms. The second kappa shape index (κ2) is 7.73. The van der Waals surface area contributed by atoms with Crippen LogP contribution in [0, 0.1) is 11.6 Å². The van der Waals surface area contributed by atoms with Crippen LogP contribution in [-0.2, 0) is 9.59 Å². The summed E-state index contributed by atoms with van der Waals surface area (Å²) in [4.78, 5) is 32.1. The third-order valence-corrected chi connectivity index (χ3v) is 5.48. The topological polar surface area (TPSA) is 61.8 Å². The molecule has 2 amide bonds. The van der Waals surface area contributed by atoms with Crippen LogP contribution in [0.3, 0.4) is 0 Å². The van der Waals surface area contributed by atoms with Gasteiger partial charge in [0.1, 0.15) is 17.9 Å². The molecule has 29 heavy (non-hydrogen) atoms. The average Bonchev–Trinajstić information content (AvgIpc) is 2.98. The van der Waals surface area contributed by atoms with Crippen molar-refractivity contribution in [2.75, 3.05) is 11.9 Å². The van der Waals surface area contributed by atoms with Crippen LogP contribution in [0.25, 0.3) is 0 Å². The van der Waals surface area contributed by atoms with Crippen molar-refractivity contribution in [3.05, 3.63) is 65.7 Å². The molecule has 1 aliphatic heterocycles. The molecule has 1 N–H and O–H groups in total. The summed E-state index contributed by atoms with van der Waals surface area (Å²) in [6.07, 6.45) is 4.34. The molecule has 1 heterocycles. The second-order valence-corrected chi connectivity index (χ2v) is 7.44. The summed E-state index contributed by atoms with van der Waals surface area (Å²) in [5, 5.41) is 2.54. The van der Waals surface area contributed by atoms with Gasteiger partial charge in [0.15, 0.2) is 11.6 Å². The molecule has 7 heteroatoms. The Kier molecular flexibility index (Phi) is 5.13. The van der Waals surface area contributed by atoms with Gasteiger partial charge in [-0.05, 0) is 37.8 Å². The first-order chi connectivity index (χ1) is 14.0. The van der Waals surface area contributed by atoms with E-state index < -0.39 is 23.2 Å². The number of amides is 2. The van der Waals surface area contributed by atoms with E-state index in [1.54, 1.807) is 0 Å². The molecule has 1 fully saturated rings. The van der Waals surface area contributed by atoms with Crippen molar-refractivity contribution >= 4 is 23.2 Å². The highest BCUT2D eigenvalue weighted by molar-refractivity contribution is 6.47. The zero-order valence-electron chi connectivity index (χ0n) is 15.8. The van der Waals surface area contributed by atoms with Crippen LogP contribution in [0.15, 0.2) is 53.5 Å². The summed E-state index contributed by atoms with van der Waals surface area (Å²) in [6, 6.07) is 12.4. The van der Waals surface area contributed by atoms with Gasteiger partial charge in [0.25, 0.3) is 5.91 Å². The monoisotopic (exact) mass is 397 g/mol. The van der Waals surface area contributed by atoms with Gasteiger partial charge < -0.3 is 10.2 Å². The Hall–Kier alpha value is -3.09. The van der Waals surface area contributed by atoms with Gasteiger partial charge in [0.05, 0.1) is 0 Å². The predicted octanol–water partition coefficient (Wildman–Crippen LogP) is 3.90. The summed E-state index contributed by atoms with van der Waals surface area (Å²) in [7, 11) is 0. The Labute approximate surface area is 167 Å². The number of nitrogens with one attached hydrogen (secondary N) is 1. The molecule has 150 valence electrons. The number of hydrogen-bond acceptors (Lipinski definition) is 3. The lowest BCUT2D eigenvalue weighted by Gasteiger charge is -2.38. The molecule has 0 bridgehead atoms. The number of halogens is 2. The number of anilines is 1. The molecule has 2 aromatic carbocycles. The summed E-state index contributed by atoms with van der Waals surface area (Å²) >= 11 is 0. The first-order valence-corrected chi connectivity index (χ1v) is 9.71. The maximum atomic E-state index is 13.4. The Balaban J connectivity index is 1.57. The molecular formula is C22H21F2N3O2.